The van der Waals surface area contributed by atoms with Gasteiger partial charge in [-0.1, -0.05) is 0 Å². The van der Waals surface area contributed by atoms with E-state index in [0.717, 1.165) is 31.0 Å². The quantitative estimate of drug-likeness (QED) is 0.650. The highest BCUT2D eigenvalue weighted by atomic mass is 16.4. The standard InChI is InChI=1S/C10H15NO2/c1-3-11(4-2)10-6-5-9(13-10)7-8-12/h5-6,8H,3-4,7H2,1-2H3. The van der Waals surface area contributed by atoms with Crippen LogP contribution in [0.25, 0.3) is 0 Å². The monoisotopic (exact) mass is 181 g/mol. The molecule has 0 aliphatic heterocycles. The number of rotatable bonds is 5. The van der Waals surface area contributed by atoms with Crippen LogP contribution in [0.3, 0.4) is 0 Å². The number of anilines is 1. The molecule has 1 rings (SSSR count). The van der Waals surface area contributed by atoms with Gasteiger partial charge in [-0.3, -0.25) is 0 Å². The number of furan rings is 1. The van der Waals surface area contributed by atoms with Crippen molar-refractivity contribution in [3.05, 3.63) is 17.9 Å². The van der Waals surface area contributed by atoms with Crippen LogP contribution in [0.4, 0.5) is 5.88 Å². The normalized spacial score (nSPS) is 10.0. The first-order chi connectivity index (χ1) is 6.31. The molecule has 1 aromatic heterocycles. The summed E-state index contributed by atoms with van der Waals surface area (Å²) in [5, 5.41) is 0. The second-order valence-electron chi connectivity index (χ2n) is 2.78. The molecule has 1 heterocycles. The van der Waals surface area contributed by atoms with E-state index in [1.807, 2.05) is 12.1 Å². The largest absolute Gasteiger partial charge is 0.445 e. The third-order valence-corrected chi connectivity index (χ3v) is 2.01. The molecule has 0 radical (unpaired) electrons. The first kappa shape index (κ1) is 9.84. The van der Waals surface area contributed by atoms with Crippen LogP contribution in [0.15, 0.2) is 16.5 Å². The molecular formula is C10H15NO2. The van der Waals surface area contributed by atoms with E-state index in [1.54, 1.807) is 0 Å². The Kier molecular flexibility index (Phi) is 3.55. The van der Waals surface area contributed by atoms with E-state index >= 15 is 0 Å². The van der Waals surface area contributed by atoms with E-state index in [4.69, 9.17) is 4.42 Å². The lowest BCUT2D eigenvalue weighted by Gasteiger charge is -2.16. The number of carbonyl (C=O) groups excluding carboxylic acids is 1. The van der Waals surface area contributed by atoms with Crippen molar-refractivity contribution in [3.63, 3.8) is 0 Å². The summed E-state index contributed by atoms with van der Waals surface area (Å²) >= 11 is 0. The van der Waals surface area contributed by atoms with Gasteiger partial charge >= 0.3 is 0 Å². The third-order valence-electron chi connectivity index (χ3n) is 2.01. The Labute approximate surface area is 78.3 Å². The van der Waals surface area contributed by atoms with Crippen LogP contribution in [0.5, 0.6) is 0 Å². The van der Waals surface area contributed by atoms with Crippen LogP contribution >= 0.6 is 0 Å². The van der Waals surface area contributed by atoms with Gasteiger partial charge in [0.05, 0.1) is 6.42 Å². The Bertz CT molecular complexity index is 264. The Balaban J connectivity index is 2.71. The molecule has 13 heavy (non-hydrogen) atoms. The first-order valence-electron chi connectivity index (χ1n) is 4.59. The van der Waals surface area contributed by atoms with E-state index in [9.17, 15) is 4.79 Å². The number of carbonyl (C=O) groups is 1. The van der Waals surface area contributed by atoms with Gasteiger partial charge in [0, 0.05) is 19.2 Å². The molecule has 0 amide bonds. The lowest BCUT2D eigenvalue weighted by molar-refractivity contribution is -0.107. The summed E-state index contributed by atoms with van der Waals surface area (Å²) in [6.07, 6.45) is 1.21. The van der Waals surface area contributed by atoms with E-state index < -0.39 is 0 Å². The Morgan fingerprint density at radius 2 is 2.08 bits per heavy atom. The van der Waals surface area contributed by atoms with Gasteiger partial charge in [-0.15, -0.1) is 0 Å². The molecule has 0 N–H and O–H groups in total. The topological polar surface area (TPSA) is 33.5 Å². The molecule has 0 saturated heterocycles. The first-order valence-corrected chi connectivity index (χ1v) is 4.59. The number of aldehydes is 1. The molecule has 0 bridgehead atoms. The van der Waals surface area contributed by atoms with Gasteiger partial charge in [0.2, 0.25) is 0 Å². The van der Waals surface area contributed by atoms with Gasteiger partial charge in [-0.05, 0) is 19.9 Å². The second-order valence-corrected chi connectivity index (χ2v) is 2.78. The molecule has 0 aliphatic carbocycles. The smallest absolute Gasteiger partial charge is 0.195 e. The second kappa shape index (κ2) is 4.70. The fraction of sp³-hybridized carbons (Fsp3) is 0.500. The molecule has 1 aromatic rings. The Morgan fingerprint density at radius 3 is 2.62 bits per heavy atom. The highest BCUT2D eigenvalue weighted by molar-refractivity contribution is 5.54. The molecule has 3 heteroatoms. The Hall–Kier alpha value is -1.25. The van der Waals surface area contributed by atoms with Crippen LogP contribution in [0.2, 0.25) is 0 Å². The van der Waals surface area contributed by atoms with E-state index in [0.29, 0.717) is 6.42 Å². The van der Waals surface area contributed by atoms with Crippen molar-refractivity contribution in [2.45, 2.75) is 20.3 Å². The molecule has 3 nitrogen and oxygen atoms in total. The molecule has 0 fully saturated rings. The molecule has 0 aliphatic rings. The van der Waals surface area contributed by atoms with Gasteiger partial charge in [0.15, 0.2) is 5.88 Å². The summed E-state index contributed by atoms with van der Waals surface area (Å²) in [5.74, 6) is 1.58. The maximum absolute atomic E-state index is 10.2. The Morgan fingerprint density at radius 1 is 1.38 bits per heavy atom. The van der Waals surface area contributed by atoms with Gasteiger partial charge in [-0.25, -0.2) is 0 Å². The van der Waals surface area contributed by atoms with E-state index in [2.05, 4.69) is 18.7 Å². The van der Waals surface area contributed by atoms with Crippen molar-refractivity contribution in [1.29, 1.82) is 0 Å². The molecule has 72 valence electrons. The lowest BCUT2D eigenvalue weighted by Crippen LogP contribution is -2.20. The summed E-state index contributed by atoms with van der Waals surface area (Å²) in [5.41, 5.74) is 0. The lowest BCUT2D eigenvalue weighted by atomic mass is 10.3. The van der Waals surface area contributed by atoms with Gasteiger partial charge < -0.3 is 14.1 Å². The minimum Gasteiger partial charge on any atom is -0.445 e. The van der Waals surface area contributed by atoms with Crippen LogP contribution in [0, 0.1) is 0 Å². The molecule has 0 aromatic carbocycles. The summed E-state index contributed by atoms with van der Waals surface area (Å²) in [6, 6.07) is 3.76. The fourth-order valence-corrected chi connectivity index (χ4v) is 1.26. The highest BCUT2D eigenvalue weighted by Gasteiger charge is 2.06. The number of nitrogens with zero attached hydrogens (tertiary/aromatic N) is 1. The van der Waals surface area contributed by atoms with Crippen molar-refractivity contribution in [2.75, 3.05) is 18.0 Å². The molecule has 0 spiro atoms. The van der Waals surface area contributed by atoms with E-state index in [1.165, 1.54) is 0 Å². The van der Waals surface area contributed by atoms with Crippen LogP contribution in [-0.4, -0.2) is 19.4 Å². The van der Waals surface area contributed by atoms with Crippen molar-refractivity contribution in [3.8, 4) is 0 Å². The predicted octanol–water partition coefficient (Wildman–Crippen LogP) is 1.87. The van der Waals surface area contributed by atoms with Crippen molar-refractivity contribution >= 4 is 12.2 Å². The van der Waals surface area contributed by atoms with E-state index in [-0.39, 0.29) is 0 Å². The highest BCUT2D eigenvalue weighted by Crippen LogP contribution is 2.17. The average molecular weight is 181 g/mol. The zero-order valence-corrected chi connectivity index (χ0v) is 8.12. The molecular weight excluding hydrogens is 166 g/mol. The van der Waals surface area contributed by atoms with Crippen molar-refractivity contribution in [2.24, 2.45) is 0 Å². The fourth-order valence-electron chi connectivity index (χ4n) is 1.26. The SMILES string of the molecule is CCN(CC)c1ccc(CC=O)o1. The average Bonchev–Trinajstić information content (AvgIpc) is 2.56. The summed E-state index contributed by atoms with van der Waals surface area (Å²) in [7, 11) is 0. The summed E-state index contributed by atoms with van der Waals surface area (Å²) in [4.78, 5) is 12.3. The zero-order valence-electron chi connectivity index (χ0n) is 8.12. The molecule has 0 saturated carbocycles. The maximum Gasteiger partial charge on any atom is 0.195 e. The third kappa shape index (κ3) is 2.34. The molecule has 0 atom stereocenters. The van der Waals surface area contributed by atoms with Crippen LogP contribution in [-0.2, 0) is 11.2 Å². The molecule has 0 unspecified atom stereocenters. The maximum atomic E-state index is 10.2. The zero-order chi connectivity index (χ0) is 9.68. The summed E-state index contributed by atoms with van der Waals surface area (Å²) < 4.78 is 5.46. The van der Waals surface area contributed by atoms with Crippen molar-refractivity contribution < 1.29 is 9.21 Å². The number of hydrogen-bond donors (Lipinski definition) is 0. The van der Waals surface area contributed by atoms with Crippen molar-refractivity contribution in [1.82, 2.24) is 0 Å². The van der Waals surface area contributed by atoms with Gasteiger partial charge in [0.1, 0.15) is 12.0 Å². The predicted molar refractivity (Wildman–Crippen MR) is 52.0 cm³/mol. The number of hydrogen-bond acceptors (Lipinski definition) is 3. The minimum atomic E-state index is 0.362. The van der Waals surface area contributed by atoms with Crippen LogP contribution < -0.4 is 4.90 Å². The van der Waals surface area contributed by atoms with Crippen LogP contribution in [0.1, 0.15) is 19.6 Å². The summed E-state index contributed by atoms with van der Waals surface area (Å²) in [6.45, 7) is 5.99. The van der Waals surface area contributed by atoms with Gasteiger partial charge in [-0.2, -0.15) is 0 Å². The van der Waals surface area contributed by atoms with Gasteiger partial charge in [0.25, 0.3) is 0 Å². The minimum absolute atomic E-state index is 0.362.